The van der Waals surface area contributed by atoms with Crippen LogP contribution in [-0.2, 0) is 0 Å². The van der Waals surface area contributed by atoms with Crippen molar-refractivity contribution in [2.75, 3.05) is 26.2 Å². The molecule has 0 saturated heterocycles. The van der Waals surface area contributed by atoms with Gasteiger partial charge in [-0.15, -0.1) is 0 Å². The summed E-state index contributed by atoms with van der Waals surface area (Å²) in [6, 6.07) is 1.60. The van der Waals surface area contributed by atoms with Crippen LogP contribution in [0.4, 0.5) is 0 Å². The molecule has 2 saturated carbocycles. The normalized spacial score (nSPS) is 23.1. The molecule has 0 heterocycles. The molecule has 0 unspecified atom stereocenters. The molecule has 0 bridgehead atoms. The van der Waals surface area contributed by atoms with Crippen LogP contribution >= 0.6 is 0 Å². The Bertz CT molecular complexity index is 220. The van der Waals surface area contributed by atoms with Crippen molar-refractivity contribution in [3.63, 3.8) is 0 Å². The minimum atomic E-state index is 0.792. The lowest BCUT2D eigenvalue weighted by Crippen LogP contribution is -2.45. The fourth-order valence-electron chi connectivity index (χ4n) is 3.81. The van der Waals surface area contributed by atoms with E-state index < -0.39 is 0 Å². The standard InChI is InChI=1S/C16H33N3/c17-11-13-19(16-9-5-2-6-10-16)14-12-18-15-7-3-1-4-8-15/h15-16,18H,1-14,17H2. The largest absolute Gasteiger partial charge is 0.329 e. The summed E-state index contributed by atoms with van der Waals surface area (Å²) in [6.45, 7) is 4.23. The van der Waals surface area contributed by atoms with Gasteiger partial charge in [0.1, 0.15) is 0 Å². The lowest BCUT2D eigenvalue weighted by atomic mass is 9.94. The van der Waals surface area contributed by atoms with Crippen molar-refractivity contribution >= 4 is 0 Å². The van der Waals surface area contributed by atoms with E-state index in [0.717, 1.165) is 31.7 Å². The van der Waals surface area contributed by atoms with Gasteiger partial charge in [-0.05, 0) is 25.7 Å². The summed E-state index contributed by atoms with van der Waals surface area (Å²) in [5, 5.41) is 3.77. The van der Waals surface area contributed by atoms with E-state index in [1.54, 1.807) is 0 Å². The molecule has 0 spiro atoms. The molecule has 0 aromatic carbocycles. The molecule has 0 radical (unpaired) electrons. The Kier molecular flexibility index (Phi) is 7.18. The number of hydrogen-bond donors (Lipinski definition) is 2. The zero-order chi connectivity index (χ0) is 13.3. The molecule has 2 aliphatic rings. The van der Waals surface area contributed by atoms with Crippen LogP contribution in [0.15, 0.2) is 0 Å². The smallest absolute Gasteiger partial charge is 0.0110 e. The summed E-state index contributed by atoms with van der Waals surface area (Å²) >= 11 is 0. The van der Waals surface area contributed by atoms with E-state index in [2.05, 4.69) is 10.2 Å². The quantitative estimate of drug-likeness (QED) is 0.745. The van der Waals surface area contributed by atoms with Crippen LogP contribution in [0.5, 0.6) is 0 Å². The Labute approximate surface area is 119 Å². The Morgan fingerprint density at radius 2 is 1.47 bits per heavy atom. The van der Waals surface area contributed by atoms with Crippen LogP contribution < -0.4 is 11.1 Å². The SMILES string of the molecule is NCCN(CCNC1CCCCC1)C1CCCCC1. The van der Waals surface area contributed by atoms with Gasteiger partial charge in [-0.3, -0.25) is 4.90 Å². The van der Waals surface area contributed by atoms with Gasteiger partial charge in [0.2, 0.25) is 0 Å². The first-order valence-electron chi connectivity index (χ1n) is 8.57. The van der Waals surface area contributed by atoms with Crippen LogP contribution in [0.1, 0.15) is 64.2 Å². The first-order valence-corrected chi connectivity index (χ1v) is 8.57. The van der Waals surface area contributed by atoms with E-state index in [0.29, 0.717) is 0 Å². The summed E-state index contributed by atoms with van der Waals surface area (Å²) < 4.78 is 0. The van der Waals surface area contributed by atoms with E-state index in [9.17, 15) is 0 Å². The second-order valence-corrected chi connectivity index (χ2v) is 6.41. The average Bonchev–Trinajstić information content (AvgIpc) is 2.48. The average molecular weight is 267 g/mol. The number of rotatable bonds is 7. The van der Waals surface area contributed by atoms with Crippen molar-refractivity contribution in [1.82, 2.24) is 10.2 Å². The van der Waals surface area contributed by atoms with E-state index in [1.807, 2.05) is 0 Å². The molecule has 19 heavy (non-hydrogen) atoms. The van der Waals surface area contributed by atoms with E-state index in [-0.39, 0.29) is 0 Å². The van der Waals surface area contributed by atoms with Gasteiger partial charge in [0.25, 0.3) is 0 Å². The first-order chi connectivity index (χ1) is 9.40. The second kappa shape index (κ2) is 8.93. The maximum absolute atomic E-state index is 5.79. The van der Waals surface area contributed by atoms with Gasteiger partial charge in [0.05, 0.1) is 0 Å². The van der Waals surface area contributed by atoms with Crippen LogP contribution in [0.2, 0.25) is 0 Å². The molecule has 0 aromatic rings. The van der Waals surface area contributed by atoms with Crippen molar-refractivity contribution in [3.8, 4) is 0 Å². The predicted octanol–water partition coefficient (Wildman–Crippen LogP) is 2.50. The molecule has 0 aromatic heterocycles. The van der Waals surface area contributed by atoms with Crippen molar-refractivity contribution in [1.29, 1.82) is 0 Å². The van der Waals surface area contributed by atoms with Gasteiger partial charge in [0.15, 0.2) is 0 Å². The summed E-state index contributed by atoms with van der Waals surface area (Å²) in [5.74, 6) is 0. The molecular weight excluding hydrogens is 234 g/mol. The summed E-state index contributed by atoms with van der Waals surface area (Å²) in [6.07, 6.45) is 14.1. The topological polar surface area (TPSA) is 41.3 Å². The molecule has 3 nitrogen and oxygen atoms in total. The lowest BCUT2D eigenvalue weighted by molar-refractivity contribution is 0.158. The van der Waals surface area contributed by atoms with Gasteiger partial charge < -0.3 is 11.1 Å². The van der Waals surface area contributed by atoms with E-state index >= 15 is 0 Å². The summed E-state index contributed by atoms with van der Waals surface area (Å²) in [7, 11) is 0. The highest BCUT2D eigenvalue weighted by atomic mass is 15.2. The number of hydrogen-bond acceptors (Lipinski definition) is 3. The van der Waals surface area contributed by atoms with Crippen molar-refractivity contribution in [3.05, 3.63) is 0 Å². The van der Waals surface area contributed by atoms with Crippen LogP contribution in [-0.4, -0.2) is 43.2 Å². The maximum Gasteiger partial charge on any atom is 0.0110 e. The molecule has 2 aliphatic carbocycles. The first kappa shape index (κ1) is 15.3. The molecule has 3 N–H and O–H groups in total. The third-order valence-corrected chi connectivity index (χ3v) is 4.94. The van der Waals surface area contributed by atoms with Crippen molar-refractivity contribution in [2.45, 2.75) is 76.3 Å². The highest BCUT2D eigenvalue weighted by Crippen LogP contribution is 2.22. The zero-order valence-corrected chi connectivity index (χ0v) is 12.6. The molecule has 2 fully saturated rings. The molecule has 3 heteroatoms. The second-order valence-electron chi connectivity index (χ2n) is 6.41. The Balaban J connectivity index is 1.66. The summed E-state index contributed by atoms with van der Waals surface area (Å²) in [5.41, 5.74) is 5.79. The van der Waals surface area contributed by atoms with Gasteiger partial charge in [0, 0.05) is 38.3 Å². The van der Waals surface area contributed by atoms with E-state index in [1.165, 1.54) is 70.8 Å². The van der Waals surface area contributed by atoms with Crippen LogP contribution in [0.3, 0.4) is 0 Å². The Morgan fingerprint density at radius 1 is 0.842 bits per heavy atom. The lowest BCUT2D eigenvalue weighted by Gasteiger charge is -2.34. The van der Waals surface area contributed by atoms with Gasteiger partial charge in [-0.25, -0.2) is 0 Å². The minimum absolute atomic E-state index is 0.792. The highest BCUT2D eigenvalue weighted by Gasteiger charge is 2.20. The van der Waals surface area contributed by atoms with Gasteiger partial charge in [-0.1, -0.05) is 38.5 Å². The number of nitrogens with one attached hydrogen (secondary N) is 1. The Hall–Kier alpha value is -0.120. The third-order valence-electron chi connectivity index (χ3n) is 4.94. The molecular formula is C16H33N3. The van der Waals surface area contributed by atoms with Crippen molar-refractivity contribution in [2.24, 2.45) is 5.73 Å². The number of nitrogens with zero attached hydrogens (tertiary/aromatic N) is 1. The molecule has 112 valence electrons. The van der Waals surface area contributed by atoms with Gasteiger partial charge >= 0.3 is 0 Å². The Morgan fingerprint density at radius 3 is 2.11 bits per heavy atom. The predicted molar refractivity (Wildman–Crippen MR) is 82.4 cm³/mol. The zero-order valence-electron chi connectivity index (χ0n) is 12.6. The highest BCUT2D eigenvalue weighted by molar-refractivity contribution is 4.78. The van der Waals surface area contributed by atoms with Gasteiger partial charge in [-0.2, -0.15) is 0 Å². The third kappa shape index (κ3) is 5.41. The number of nitrogens with two attached hydrogens (primary N) is 1. The van der Waals surface area contributed by atoms with Crippen molar-refractivity contribution < 1.29 is 0 Å². The van der Waals surface area contributed by atoms with Crippen LogP contribution in [0.25, 0.3) is 0 Å². The fraction of sp³-hybridized carbons (Fsp3) is 1.00. The monoisotopic (exact) mass is 267 g/mol. The van der Waals surface area contributed by atoms with Crippen LogP contribution in [0, 0.1) is 0 Å². The maximum atomic E-state index is 5.79. The fourth-order valence-corrected chi connectivity index (χ4v) is 3.81. The molecule has 0 amide bonds. The van der Waals surface area contributed by atoms with E-state index in [4.69, 9.17) is 5.73 Å². The minimum Gasteiger partial charge on any atom is -0.329 e. The summed E-state index contributed by atoms with van der Waals surface area (Å²) in [4.78, 5) is 2.65. The molecule has 2 rings (SSSR count). The molecule has 0 aliphatic heterocycles. The molecule has 0 atom stereocenters.